The zero-order valence-corrected chi connectivity index (χ0v) is 13.0. The highest BCUT2D eigenvalue weighted by Gasteiger charge is 2.21. The van der Waals surface area contributed by atoms with Crippen molar-refractivity contribution in [3.8, 4) is 0 Å². The van der Waals surface area contributed by atoms with E-state index in [9.17, 15) is 0 Å². The molecule has 106 valence electrons. The molecule has 2 heteroatoms. The number of nitrogens with one attached hydrogen (secondary N) is 1. The smallest absolute Gasteiger partial charge is 0.0438 e. The van der Waals surface area contributed by atoms with E-state index in [4.69, 9.17) is 11.6 Å². The van der Waals surface area contributed by atoms with Crippen LogP contribution in [0, 0.1) is 12.8 Å². The minimum Gasteiger partial charge on any atom is -0.310 e. The molecule has 0 aromatic heterocycles. The van der Waals surface area contributed by atoms with E-state index in [0.717, 1.165) is 17.5 Å². The third-order valence-electron chi connectivity index (χ3n) is 4.28. The molecule has 0 spiro atoms. The van der Waals surface area contributed by atoms with Gasteiger partial charge in [-0.2, -0.15) is 0 Å². The van der Waals surface area contributed by atoms with Gasteiger partial charge in [0.15, 0.2) is 0 Å². The summed E-state index contributed by atoms with van der Waals surface area (Å²) < 4.78 is 0. The Morgan fingerprint density at radius 2 is 2.05 bits per heavy atom. The van der Waals surface area contributed by atoms with Gasteiger partial charge in [0, 0.05) is 11.1 Å². The molecule has 1 aliphatic carbocycles. The average Bonchev–Trinajstić information content (AvgIpc) is 2.91. The minimum atomic E-state index is 0.473. The lowest BCUT2D eigenvalue weighted by Crippen LogP contribution is -2.24. The van der Waals surface area contributed by atoms with Crippen molar-refractivity contribution in [1.29, 1.82) is 0 Å². The maximum atomic E-state index is 6.28. The van der Waals surface area contributed by atoms with Crippen molar-refractivity contribution in [3.05, 3.63) is 34.3 Å². The first-order chi connectivity index (χ1) is 9.20. The third kappa shape index (κ3) is 4.22. The summed E-state index contributed by atoms with van der Waals surface area (Å²) in [5.41, 5.74) is 2.52. The summed E-state index contributed by atoms with van der Waals surface area (Å²) in [6, 6.07) is 7.01. The monoisotopic (exact) mass is 279 g/mol. The molecule has 1 nitrogen and oxygen atoms in total. The summed E-state index contributed by atoms with van der Waals surface area (Å²) in [4.78, 5) is 0. The largest absolute Gasteiger partial charge is 0.310 e. The molecule has 0 aliphatic heterocycles. The fraction of sp³-hybridized carbons (Fsp3) is 0.647. The molecule has 1 N–H and O–H groups in total. The molecule has 0 radical (unpaired) electrons. The summed E-state index contributed by atoms with van der Waals surface area (Å²) in [5.74, 6) is 0.898. The number of hydrogen-bond acceptors (Lipinski definition) is 1. The molecule has 0 amide bonds. The first-order valence-corrected chi connectivity index (χ1v) is 8.08. The highest BCUT2D eigenvalue weighted by molar-refractivity contribution is 6.31. The molecule has 0 bridgehead atoms. The second-order valence-corrected chi connectivity index (χ2v) is 6.31. The van der Waals surface area contributed by atoms with Gasteiger partial charge in [-0.25, -0.2) is 0 Å². The van der Waals surface area contributed by atoms with E-state index in [1.54, 1.807) is 0 Å². The minimum absolute atomic E-state index is 0.473. The van der Waals surface area contributed by atoms with E-state index >= 15 is 0 Å². The second-order valence-electron chi connectivity index (χ2n) is 5.90. The molecule has 0 saturated heterocycles. The molecule has 2 rings (SSSR count). The molecular weight excluding hydrogens is 254 g/mol. The number of rotatable bonds is 6. The zero-order chi connectivity index (χ0) is 13.7. The number of benzene rings is 1. The Bertz CT molecular complexity index is 396. The molecule has 1 unspecified atom stereocenters. The predicted molar refractivity (Wildman–Crippen MR) is 83.8 cm³/mol. The Morgan fingerprint density at radius 1 is 1.32 bits per heavy atom. The van der Waals surface area contributed by atoms with Crippen LogP contribution in [-0.2, 0) is 0 Å². The molecule has 1 aromatic carbocycles. The highest BCUT2D eigenvalue weighted by atomic mass is 35.5. The summed E-state index contributed by atoms with van der Waals surface area (Å²) in [5, 5.41) is 4.60. The van der Waals surface area contributed by atoms with Gasteiger partial charge in [0.05, 0.1) is 0 Å². The number of aryl methyl sites for hydroxylation is 1. The summed E-state index contributed by atoms with van der Waals surface area (Å²) in [6.45, 7) is 5.38. The van der Waals surface area contributed by atoms with Gasteiger partial charge in [0.2, 0.25) is 0 Å². The fourth-order valence-electron chi connectivity index (χ4n) is 3.06. The second kappa shape index (κ2) is 7.31. The predicted octanol–water partition coefficient (Wildman–Crippen LogP) is 5.27. The van der Waals surface area contributed by atoms with E-state index < -0.39 is 0 Å². The quantitative estimate of drug-likeness (QED) is 0.748. The van der Waals surface area contributed by atoms with Gasteiger partial charge in [-0.1, -0.05) is 56.3 Å². The van der Waals surface area contributed by atoms with Crippen LogP contribution < -0.4 is 5.32 Å². The highest BCUT2D eigenvalue weighted by Crippen LogP contribution is 2.34. The van der Waals surface area contributed by atoms with Crippen molar-refractivity contribution in [2.45, 2.75) is 58.4 Å². The molecule has 19 heavy (non-hydrogen) atoms. The first-order valence-electron chi connectivity index (χ1n) is 7.70. The summed E-state index contributed by atoms with van der Waals surface area (Å²) in [6.07, 6.45) is 8.09. The van der Waals surface area contributed by atoms with Crippen LogP contribution in [0.15, 0.2) is 18.2 Å². The SMILES string of the molecule is CCCNC(CC1CCCC1)c1ccc(C)c(Cl)c1. The van der Waals surface area contributed by atoms with Crippen molar-refractivity contribution in [2.24, 2.45) is 5.92 Å². The van der Waals surface area contributed by atoms with Gasteiger partial charge >= 0.3 is 0 Å². The third-order valence-corrected chi connectivity index (χ3v) is 4.69. The maximum Gasteiger partial charge on any atom is 0.0438 e. The van der Waals surface area contributed by atoms with Gasteiger partial charge in [0.1, 0.15) is 0 Å². The molecule has 1 atom stereocenters. The standard InChI is InChI=1S/C17H26ClN/c1-3-10-19-17(11-14-6-4-5-7-14)15-9-8-13(2)16(18)12-15/h8-9,12,14,17,19H,3-7,10-11H2,1-2H3. The average molecular weight is 280 g/mol. The van der Waals surface area contributed by atoms with Crippen LogP contribution in [0.4, 0.5) is 0 Å². The van der Waals surface area contributed by atoms with E-state index in [1.165, 1.54) is 49.7 Å². The maximum absolute atomic E-state index is 6.28. The van der Waals surface area contributed by atoms with Crippen molar-refractivity contribution in [3.63, 3.8) is 0 Å². The van der Waals surface area contributed by atoms with Gasteiger partial charge in [-0.3, -0.25) is 0 Å². The Morgan fingerprint density at radius 3 is 2.68 bits per heavy atom. The van der Waals surface area contributed by atoms with Gasteiger partial charge in [-0.15, -0.1) is 0 Å². The first kappa shape index (κ1) is 14.9. The molecular formula is C17H26ClN. The van der Waals surface area contributed by atoms with Gasteiger partial charge < -0.3 is 5.32 Å². The van der Waals surface area contributed by atoms with E-state index in [2.05, 4.69) is 37.4 Å². The van der Waals surface area contributed by atoms with E-state index in [1.807, 2.05) is 0 Å². The van der Waals surface area contributed by atoms with Crippen LogP contribution in [0.25, 0.3) is 0 Å². The van der Waals surface area contributed by atoms with Crippen LogP contribution in [0.3, 0.4) is 0 Å². The van der Waals surface area contributed by atoms with Crippen molar-refractivity contribution in [1.82, 2.24) is 5.32 Å². The Hall–Kier alpha value is -0.530. The van der Waals surface area contributed by atoms with Crippen molar-refractivity contribution >= 4 is 11.6 Å². The van der Waals surface area contributed by atoms with Gasteiger partial charge in [0.25, 0.3) is 0 Å². The van der Waals surface area contributed by atoms with Gasteiger partial charge in [-0.05, 0) is 49.4 Å². The van der Waals surface area contributed by atoms with Crippen LogP contribution in [-0.4, -0.2) is 6.54 Å². The number of halogens is 1. The lowest BCUT2D eigenvalue weighted by molar-refractivity contribution is 0.395. The van der Waals surface area contributed by atoms with Crippen LogP contribution in [0.2, 0.25) is 5.02 Å². The zero-order valence-electron chi connectivity index (χ0n) is 12.2. The van der Waals surface area contributed by atoms with Crippen molar-refractivity contribution < 1.29 is 0 Å². The Kier molecular flexibility index (Phi) is 5.72. The van der Waals surface area contributed by atoms with Crippen LogP contribution >= 0.6 is 11.6 Å². The van der Waals surface area contributed by atoms with Crippen LogP contribution in [0.5, 0.6) is 0 Å². The number of hydrogen-bond donors (Lipinski definition) is 1. The summed E-state index contributed by atoms with van der Waals surface area (Å²) >= 11 is 6.28. The lowest BCUT2D eigenvalue weighted by Gasteiger charge is -2.23. The molecule has 1 fully saturated rings. The fourth-order valence-corrected chi connectivity index (χ4v) is 3.25. The molecule has 0 heterocycles. The lowest BCUT2D eigenvalue weighted by atomic mass is 9.93. The van der Waals surface area contributed by atoms with E-state index in [-0.39, 0.29) is 0 Å². The molecule has 1 aromatic rings. The Balaban J connectivity index is 2.08. The Labute approximate surface area is 122 Å². The van der Waals surface area contributed by atoms with Crippen molar-refractivity contribution in [2.75, 3.05) is 6.54 Å². The van der Waals surface area contributed by atoms with E-state index in [0.29, 0.717) is 6.04 Å². The molecule has 1 aliphatic rings. The normalized spacial score (nSPS) is 17.8. The van der Waals surface area contributed by atoms with Crippen LogP contribution in [0.1, 0.15) is 62.6 Å². The summed E-state index contributed by atoms with van der Waals surface area (Å²) in [7, 11) is 0. The topological polar surface area (TPSA) is 12.0 Å². The molecule has 1 saturated carbocycles.